The summed E-state index contributed by atoms with van der Waals surface area (Å²) in [5.74, 6) is -0.465. The van der Waals surface area contributed by atoms with Crippen molar-refractivity contribution in [1.29, 1.82) is 0 Å². The minimum Gasteiger partial charge on any atom is -0.464 e. The van der Waals surface area contributed by atoms with Crippen LogP contribution in [0.25, 0.3) is 0 Å². The summed E-state index contributed by atoms with van der Waals surface area (Å²) < 4.78 is 4.99. The van der Waals surface area contributed by atoms with Crippen molar-refractivity contribution in [3.8, 4) is 0 Å². The highest BCUT2D eigenvalue weighted by molar-refractivity contribution is 6.19. The molecule has 0 radical (unpaired) electrons. The molecule has 1 aliphatic heterocycles. The lowest BCUT2D eigenvalue weighted by atomic mass is 10.0. The highest BCUT2D eigenvalue weighted by Crippen LogP contribution is 2.26. The van der Waals surface area contributed by atoms with Gasteiger partial charge in [-0.15, -0.1) is 0 Å². The van der Waals surface area contributed by atoms with Crippen LogP contribution in [-0.2, 0) is 14.3 Å². The number of hydrogen-bond acceptors (Lipinski definition) is 4. The van der Waals surface area contributed by atoms with E-state index < -0.39 is 0 Å². The van der Waals surface area contributed by atoms with Gasteiger partial charge in [-0.25, -0.2) is 0 Å². The van der Waals surface area contributed by atoms with Crippen molar-refractivity contribution < 1.29 is 14.3 Å². The number of anilines is 1. The SMILES string of the molecule is CC(=O)OCCN1C(=O)CN=C(c2ccccc2)c2ccccc21. The minimum absolute atomic E-state index is 0.0684. The monoisotopic (exact) mass is 322 g/mol. The summed E-state index contributed by atoms with van der Waals surface area (Å²) in [6, 6.07) is 17.5. The Morgan fingerprint density at radius 2 is 1.83 bits per heavy atom. The third-order valence-electron chi connectivity index (χ3n) is 3.79. The van der Waals surface area contributed by atoms with E-state index in [1.165, 1.54) is 6.92 Å². The summed E-state index contributed by atoms with van der Waals surface area (Å²) in [5.41, 5.74) is 3.46. The second kappa shape index (κ2) is 7.08. The average Bonchev–Trinajstić information content (AvgIpc) is 2.73. The molecule has 0 fully saturated rings. The Balaban J connectivity index is 1.97. The molecule has 122 valence electrons. The number of aliphatic imine (C=N–C) groups is 1. The van der Waals surface area contributed by atoms with Gasteiger partial charge in [-0.3, -0.25) is 14.6 Å². The predicted molar refractivity (Wildman–Crippen MR) is 92.4 cm³/mol. The fraction of sp³-hybridized carbons (Fsp3) is 0.211. The Morgan fingerprint density at radius 1 is 1.12 bits per heavy atom. The molecule has 0 saturated carbocycles. The number of fused-ring (bicyclic) bond motifs is 1. The number of benzodiazepines with no additional fused rings is 1. The van der Waals surface area contributed by atoms with E-state index in [2.05, 4.69) is 4.99 Å². The van der Waals surface area contributed by atoms with E-state index in [4.69, 9.17) is 4.74 Å². The van der Waals surface area contributed by atoms with E-state index in [9.17, 15) is 9.59 Å². The molecule has 5 nitrogen and oxygen atoms in total. The maximum Gasteiger partial charge on any atom is 0.302 e. The first-order chi connectivity index (χ1) is 11.7. The zero-order valence-electron chi connectivity index (χ0n) is 13.4. The van der Waals surface area contributed by atoms with Gasteiger partial charge in [0, 0.05) is 18.1 Å². The van der Waals surface area contributed by atoms with Crippen LogP contribution in [-0.4, -0.2) is 37.3 Å². The number of amides is 1. The topological polar surface area (TPSA) is 59.0 Å². The van der Waals surface area contributed by atoms with Crippen LogP contribution in [0, 0.1) is 0 Å². The number of carbonyl (C=O) groups excluding carboxylic acids is 2. The molecule has 1 heterocycles. The second-order valence-corrected chi connectivity index (χ2v) is 5.43. The minimum atomic E-state index is -0.355. The molecule has 0 aromatic heterocycles. The summed E-state index contributed by atoms with van der Waals surface area (Å²) >= 11 is 0. The van der Waals surface area contributed by atoms with Crippen molar-refractivity contribution in [3.05, 3.63) is 65.7 Å². The molecular weight excluding hydrogens is 304 g/mol. The van der Waals surface area contributed by atoms with Crippen molar-refractivity contribution in [2.45, 2.75) is 6.92 Å². The van der Waals surface area contributed by atoms with Gasteiger partial charge in [-0.1, -0.05) is 48.5 Å². The number of nitrogens with zero attached hydrogens (tertiary/aromatic N) is 2. The number of benzene rings is 2. The average molecular weight is 322 g/mol. The highest BCUT2D eigenvalue weighted by atomic mass is 16.5. The van der Waals surface area contributed by atoms with Crippen LogP contribution >= 0.6 is 0 Å². The molecule has 2 aromatic rings. The Kier molecular flexibility index (Phi) is 4.70. The Bertz CT molecular complexity index is 784. The summed E-state index contributed by atoms with van der Waals surface area (Å²) in [6.45, 7) is 1.90. The zero-order chi connectivity index (χ0) is 16.9. The molecule has 0 spiro atoms. The Labute approximate surface area is 140 Å². The fourth-order valence-electron chi connectivity index (χ4n) is 2.73. The lowest BCUT2D eigenvalue weighted by Gasteiger charge is -2.22. The molecule has 0 aliphatic carbocycles. The van der Waals surface area contributed by atoms with Crippen molar-refractivity contribution in [2.24, 2.45) is 4.99 Å². The van der Waals surface area contributed by atoms with E-state index in [0.29, 0.717) is 6.54 Å². The molecule has 0 N–H and O–H groups in total. The molecule has 2 aromatic carbocycles. The third kappa shape index (κ3) is 3.35. The number of rotatable bonds is 4. The van der Waals surface area contributed by atoms with Gasteiger partial charge in [0.2, 0.25) is 5.91 Å². The van der Waals surface area contributed by atoms with Gasteiger partial charge >= 0.3 is 5.97 Å². The Morgan fingerprint density at radius 3 is 2.58 bits per heavy atom. The van der Waals surface area contributed by atoms with E-state index in [0.717, 1.165) is 22.5 Å². The number of ether oxygens (including phenoxy) is 1. The first-order valence-electron chi connectivity index (χ1n) is 7.80. The van der Waals surface area contributed by atoms with Crippen LogP contribution in [0.2, 0.25) is 0 Å². The lowest BCUT2D eigenvalue weighted by molar-refractivity contribution is -0.140. The van der Waals surface area contributed by atoms with Crippen LogP contribution in [0.1, 0.15) is 18.1 Å². The maximum absolute atomic E-state index is 12.5. The molecule has 1 amide bonds. The van der Waals surface area contributed by atoms with Crippen molar-refractivity contribution >= 4 is 23.3 Å². The first kappa shape index (κ1) is 15.9. The van der Waals surface area contributed by atoms with Crippen LogP contribution < -0.4 is 4.90 Å². The summed E-state index contributed by atoms with van der Waals surface area (Å²) in [7, 11) is 0. The quantitative estimate of drug-likeness (QED) is 0.812. The van der Waals surface area contributed by atoms with E-state index in [1.807, 2.05) is 54.6 Å². The molecule has 1 aliphatic rings. The van der Waals surface area contributed by atoms with E-state index >= 15 is 0 Å². The number of hydrogen-bond donors (Lipinski definition) is 0. The third-order valence-corrected chi connectivity index (χ3v) is 3.79. The van der Waals surface area contributed by atoms with Crippen LogP contribution in [0.15, 0.2) is 59.6 Å². The van der Waals surface area contributed by atoms with Gasteiger partial charge in [-0.2, -0.15) is 0 Å². The van der Waals surface area contributed by atoms with Gasteiger partial charge in [0.05, 0.1) is 17.9 Å². The standard InChI is InChI=1S/C19H18N2O3/c1-14(22)24-12-11-21-17-10-6-5-9-16(17)19(20-13-18(21)23)15-7-3-2-4-8-15/h2-10H,11-13H2,1H3. The second-order valence-electron chi connectivity index (χ2n) is 5.43. The van der Waals surface area contributed by atoms with Gasteiger partial charge in [0.1, 0.15) is 13.2 Å². The summed E-state index contributed by atoms with van der Waals surface area (Å²) in [6.07, 6.45) is 0. The molecule has 3 rings (SSSR count). The van der Waals surface area contributed by atoms with Crippen LogP contribution in [0.4, 0.5) is 5.69 Å². The summed E-state index contributed by atoms with van der Waals surface area (Å²) in [5, 5.41) is 0. The van der Waals surface area contributed by atoms with Crippen molar-refractivity contribution in [3.63, 3.8) is 0 Å². The molecule has 5 heteroatoms. The lowest BCUT2D eigenvalue weighted by Crippen LogP contribution is -2.35. The number of carbonyl (C=O) groups is 2. The van der Waals surface area contributed by atoms with Gasteiger partial charge in [-0.05, 0) is 6.07 Å². The molecule has 0 atom stereocenters. The molecular formula is C19H18N2O3. The van der Waals surface area contributed by atoms with Gasteiger partial charge < -0.3 is 9.64 Å². The smallest absolute Gasteiger partial charge is 0.302 e. The molecule has 0 bridgehead atoms. The normalized spacial score (nSPS) is 13.8. The predicted octanol–water partition coefficient (Wildman–Crippen LogP) is 2.43. The highest BCUT2D eigenvalue weighted by Gasteiger charge is 2.24. The number of para-hydroxylation sites is 1. The molecule has 0 saturated heterocycles. The van der Waals surface area contributed by atoms with Gasteiger partial charge in [0.25, 0.3) is 0 Å². The van der Waals surface area contributed by atoms with Gasteiger partial charge in [0.15, 0.2) is 0 Å². The maximum atomic E-state index is 12.5. The summed E-state index contributed by atoms with van der Waals surface area (Å²) in [4.78, 5) is 29.6. The fourth-order valence-corrected chi connectivity index (χ4v) is 2.73. The Hall–Kier alpha value is -2.95. The first-order valence-corrected chi connectivity index (χ1v) is 7.80. The zero-order valence-corrected chi connectivity index (χ0v) is 13.4. The largest absolute Gasteiger partial charge is 0.464 e. The van der Waals surface area contributed by atoms with E-state index in [-0.39, 0.29) is 25.0 Å². The van der Waals surface area contributed by atoms with Crippen LogP contribution in [0.5, 0.6) is 0 Å². The number of esters is 1. The molecule has 0 unspecified atom stereocenters. The van der Waals surface area contributed by atoms with E-state index in [1.54, 1.807) is 4.90 Å². The van der Waals surface area contributed by atoms with Crippen LogP contribution in [0.3, 0.4) is 0 Å². The van der Waals surface area contributed by atoms with Crippen molar-refractivity contribution in [1.82, 2.24) is 0 Å². The van der Waals surface area contributed by atoms with Crippen molar-refractivity contribution in [2.75, 3.05) is 24.6 Å². The molecule has 24 heavy (non-hydrogen) atoms.